The summed E-state index contributed by atoms with van der Waals surface area (Å²) in [6, 6.07) is 9.74. The summed E-state index contributed by atoms with van der Waals surface area (Å²) >= 11 is 0. The van der Waals surface area contributed by atoms with Crippen LogP contribution >= 0.6 is 0 Å². The van der Waals surface area contributed by atoms with Crippen molar-refractivity contribution >= 4 is 16.9 Å². The molecular formula is C27H29FN4O4. The summed E-state index contributed by atoms with van der Waals surface area (Å²) in [7, 11) is 0. The number of aliphatic hydroxyl groups is 1. The molecule has 1 N–H and O–H groups in total. The first kappa shape index (κ1) is 24.2. The molecule has 0 spiro atoms. The highest BCUT2D eigenvalue weighted by Gasteiger charge is 2.37. The number of hydrogen-bond donors (Lipinski definition) is 1. The van der Waals surface area contributed by atoms with E-state index in [9.17, 15) is 14.4 Å². The third-order valence-electron chi connectivity index (χ3n) is 7.16. The number of aromatic nitrogens is 2. The number of aliphatic hydroxyl groups excluding tert-OH is 1. The average Bonchev–Trinajstić information content (AvgIpc) is 3.54. The molecule has 3 aromatic rings. The highest BCUT2D eigenvalue weighted by molar-refractivity contribution is 5.79. The Morgan fingerprint density at radius 3 is 2.83 bits per heavy atom. The number of carbonyl (C=O) groups is 1. The Hall–Kier alpha value is -3.48. The molecule has 0 bridgehead atoms. The Morgan fingerprint density at radius 1 is 1.22 bits per heavy atom. The van der Waals surface area contributed by atoms with Crippen LogP contribution in [0, 0.1) is 29.0 Å². The molecule has 1 aliphatic carbocycles. The van der Waals surface area contributed by atoms with Crippen molar-refractivity contribution in [1.29, 1.82) is 5.26 Å². The summed E-state index contributed by atoms with van der Waals surface area (Å²) < 4.78 is 21.7. The van der Waals surface area contributed by atoms with Crippen LogP contribution in [0.1, 0.15) is 49.3 Å². The van der Waals surface area contributed by atoms with Crippen LogP contribution in [0.4, 0.5) is 4.39 Å². The molecule has 36 heavy (non-hydrogen) atoms. The largest absolute Gasteiger partial charge is 0.490 e. The van der Waals surface area contributed by atoms with Crippen LogP contribution in [-0.4, -0.2) is 45.4 Å². The van der Waals surface area contributed by atoms with Gasteiger partial charge in [0.1, 0.15) is 18.2 Å². The fraction of sp³-hybridized carbons (Fsp3) is 0.444. The Balaban J connectivity index is 1.21. The quantitative estimate of drug-likeness (QED) is 0.532. The minimum absolute atomic E-state index is 0.0482. The topological polar surface area (TPSA) is 101 Å². The average molecular weight is 493 g/mol. The van der Waals surface area contributed by atoms with Crippen LogP contribution in [0.2, 0.25) is 0 Å². The number of carbonyl (C=O) groups excluding carboxylic acids is 1. The number of hydrogen-bond acceptors (Lipinski definition) is 6. The van der Waals surface area contributed by atoms with Gasteiger partial charge in [-0.2, -0.15) is 5.26 Å². The molecule has 1 amide bonds. The predicted molar refractivity (Wildman–Crippen MR) is 129 cm³/mol. The second-order valence-corrected chi connectivity index (χ2v) is 9.52. The highest BCUT2D eigenvalue weighted by Crippen LogP contribution is 2.37. The number of hydroxylamine groups is 2. The summed E-state index contributed by atoms with van der Waals surface area (Å²) in [5.41, 5.74) is 2.72. The normalized spacial score (nSPS) is 22.0. The van der Waals surface area contributed by atoms with E-state index in [0.717, 1.165) is 43.3 Å². The zero-order valence-electron chi connectivity index (χ0n) is 20.0. The van der Waals surface area contributed by atoms with Crippen LogP contribution < -0.4 is 4.74 Å². The van der Waals surface area contributed by atoms with E-state index < -0.39 is 5.82 Å². The molecule has 2 aromatic heterocycles. The molecule has 1 aliphatic heterocycles. The maximum atomic E-state index is 14.0. The molecule has 1 aromatic carbocycles. The lowest BCUT2D eigenvalue weighted by Crippen LogP contribution is -2.37. The Morgan fingerprint density at radius 2 is 2.06 bits per heavy atom. The lowest BCUT2D eigenvalue weighted by molar-refractivity contribution is -0.183. The van der Waals surface area contributed by atoms with Crippen LogP contribution in [0.5, 0.6) is 5.75 Å². The number of rotatable bonds is 7. The van der Waals surface area contributed by atoms with Crippen molar-refractivity contribution < 1.29 is 23.9 Å². The number of fused-ring (bicyclic) bond motifs is 1. The zero-order chi connectivity index (χ0) is 25.1. The molecule has 9 heteroatoms. The first-order valence-corrected chi connectivity index (χ1v) is 12.4. The van der Waals surface area contributed by atoms with Gasteiger partial charge in [0.15, 0.2) is 0 Å². The maximum absolute atomic E-state index is 14.0. The van der Waals surface area contributed by atoms with Gasteiger partial charge in [-0.25, -0.2) is 9.45 Å². The van der Waals surface area contributed by atoms with Crippen LogP contribution in [-0.2, 0) is 16.2 Å². The van der Waals surface area contributed by atoms with E-state index in [4.69, 9.17) is 14.7 Å². The van der Waals surface area contributed by atoms with E-state index in [1.54, 1.807) is 12.3 Å². The standard InChI is InChI=1S/C27H29FN4O4/c28-22-12-19(15-29)11-21(13-22)25-6-9-36-32(25)27(34)20-3-1-18(2-4-20)17-31-7-5-24-26(31)14-23(16-30-24)35-10-8-33/h5,7,11-14,16,18,20,25,33H,1-4,6,8-10,17H2/t18-,20-,25-/m0/s1. The van der Waals surface area contributed by atoms with Crippen molar-refractivity contribution in [3.63, 3.8) is 0 Å². The molecule has 0 unspecified atom stereocenters. The molecular weight excluding hydrogens is 463 g/mol. The summed E-state index contributed by atoms with van der Waals surface area (Å²) in [6.07, 6.45) is 7.65. The van der Waals surface area contributed by atoms with E-state index in [-0.39, 0.29) is 36.6 Å². The van der Waals surface area contributed by atoms with Gasteiger partial charge in [-0.15, -0.1) is 0 Å². The number of amides is 1. The van der Waals surface area contributed by atoms with Crippen molar-refractivity contribution in [2.75, 3.05) is 19.8 Å². The first-order chi connectivity index (χ1) is 17.6. The maximum Gasteiger partial charge on any atom is 0.249 e. The summed E-state index contributed by atoms with van der Waals surface area (Å²) in [6.45, 7) is 1.40. The van der Waals surface area contributed by atoms with Crippen molar-refractivity contribution in [2.24, 2.45) is 11.8 Å². The SMILES string of the molecule is N#Cc1cc(F)cc([C@@H]2CCON2C(=O)[C@H]2CC[C@H](Cn3ccc4ncc(OCCO)cc43)CC2)c1. The number of halogens is 1. The van der Waals surface area contributed by atoms with Gasteiger partial charge >= 0.3 is 0 Å². The lowest BCUT2D eigenvalue weighted by atomic mass is 9.81. The van der Waals surface area contributed by atoms with Gasteiger partial charge in [-0.1, -0.05) is 0 Å². The predicted octanol–water partition coefficient (Wildman–Crippen LogP) is 4.13. The van der Waals surface area contributed by atoms with Crippen molar-refractivity contribution in [3.05, 3.63) is 59.7 Å². The third-order valence-corrected chi connectivity index (χ3v) is 7.16. The van der Waals surface area contributed by atoms with Crippen molar-refractivity contribution in [1.82, 2.24) is 14.6 Å². The molecule has 1 saturated heterocycles. The molecule has 0 radical (unpaired) electrons. The number of nitrogens with zero attached hydrogens (tertiary/aromatic N) is 4. The van der Waals surface area contributed by atoms with Crippen molar-refractivity contribution in [2.45, 2.75) is 44.7 Å². The van der Waals surface area contributed by atoms with Gasteiger partial charge < -0.3 is 14.4 Å². The fourth-order valence-corrected chi connectivity index (χ4v) is 5.35. The molecule has 5 rings (SSSR count). The number of pyridine rings is 1. The molecule has 3 heterocycles. The lowest BCUT2D eigenvalue weighted by Gasteiger charge is -2.32. The Kier molecular flexibility index (Phi) is 7.16. The van der Waals surface area contributed by atoms with Crippen molar-refractivity contribution in [3.8, 4) is 11.8 Å². The fourth-order valence-electron chi connectivity index (χ4n) is 5.35. The summed E-state index contributed by atoms with van der Waals surface area (Å²) in [5.74, 6) is 0.394. The molecule has 2 aliphatic rings. The molecule has 1 atom stereocenters. The van der Waals surface area contributed by atoms with Gasteiger partial charge in [0.2, 0.25) is 5.91 Å². The van der Waals surface area contributed by atoms with E-state index in [0.29, 0.717) is 30.3 Å². The van der Waals surface area contributed by atoms with Gasteiger partial charge in [0, 0.05) is 31.1 Å². The van der Waals surface area contributed by atoms with Gasteiger partial charge in [-0.3, -0.25) is 14.6 Å². The zero-order valence-corrected chi connectivity index (χ0v) is 20.0. The van der Waals surface area contributed by atoms with E-state index in [1.165, 1.54) is 17.2 Å². The van der Waals surface area contributed by atoms with E-state index in [2.05, 4.69) is 9.55 Å². The van der Waals surface area contributed by atoms with Gasteiger partial charge in [0.25, 0.3) is 0 Å². The number of ether oxygens (including phenoxy) is 1. The van der Waals surface area contributed by atoms with Crippen LogP contribution in [0.15, 0.2) is 42.7 Å². The minimum atomic E-state index is -0.483. The summed E-state index contributed by atoms with van der Waals surface area (Å²) in [4.78, 5) is 23.5. The minimum Gasteiger partial charge on any atom is -0.490 e. The third kappa shape index (κ3) is 5.06. The van der Waals surface area contributed by atoms with E-state index >= 15 is 0 Å². The van der Waals surface area contributed by atoms with Crippen LogP contribution in [0.25, 0.3) is 11.0 Å². The number of nitriles is 1. The Bertz CT molecular complexity index is 1280. The molecule has 2 fully saturated rings. The Labute approximate surface area is 208 Å². The highest BCUT2D eigenvalue weighted by atomic mass is 19.1. The molecule has 8 nitrogen and oxygen atoms in total. The summed E-state index contributed by atoms with van der Waals surface area (Å²) in [5, 5.41) is 19.6. The second kappa shape index (κ2) is 10.6. The number of benzene rings is 1. The van der Waals surface area contributed by atoms with E-state index in [1.807, 2.05) is 24.4 Å². The van der Waals surface area contributed by atoms with Gasteiger partial charge in [0.05, 0.1) is 48.1 Å². The first-order valence-electron chi connectivity index (χ1n) is 12.4. The van der Waals surface area contributed by atoms with Crippen LogP contribution in [0.3, 0.4) is 0 Å². The monoisotopic (exact) mass is 492 g/mol. The molecule has 1 saturated carbocycles. The smallest absolute Gasteiger partial charge is 0.249 e. The van der Waals surface area contributed by atoms with Gasteiger partial charge in [-0.05, 0) is 61.4 Å². The second-order valence-electron chi connectivity index (χ2n) is 9.52. The molecule has 188 valence electrons.